The maximum Gasteiger partial charge on any atom is 0.494 e. The van der Waals surface area contributed by atoms with Crippen molar-refractivity contribution >= 4 is 30.1 Å². The molecule has 3 fully saturated rings. The van der Waals surface area contributed by atoms with Gasteiger partial charge in [0, 0.05) is 0 Å². The van der Waals surface area contributed by atoms with Crippen molar-refractivity contribution in [3.63, 3.8) is 0 Å². The Labute approximate surface area is 159 Å². The Bertz CT molecular complexity index is 813. The molecule has 2 aliphatic heterocycles. The zero-order chi connectivity index (χ0) is 19.1. The smallest absolute Gasteiger partial charge is 0.399 e. The van der Waals surface area contributed by atoms with Crippen LogP contribution in [0.3, 0.4) is 0 Å². The van der Waals surface area contributed by atoms with E-state index < -0.39 is 18.3 Å². The molecular formula is C21H24BNO4. The monoisotopic (exact) mass is 365 g/mol. The molecule has 0 radical (unpaired) electrons. The van der Waals surface area contributed by atoms with Crippen molar-refractivity contribution in [1.82, 2.24) is 0 Å². The molecule has 5 nitrogen and oxygen atoms in total. The summed E-state index contributed by atoms with van der Waals surface area (Å²) in [5.41, 5.74) is 0.722. The van der Waals surface area contributed by atoms with Crippen LogP contribution < -0.4 is 10.4 Å². The minimum Gasteiger partial charge on any atom is -0.399 e. The Balaban J connectivity index is 1.39. The van der Waals surface area contributed by atoms with Crippen molar-refractivity contribution < 1.29 is 18.9 Å². The fourth-order valence-corrected chi connectivity index (χ4v) is 4.92. The van der Waals surface area contributed by atoms with Gasteiger partial charge in [-0.05, 0) is 63.5 Å². The van der Waals surface area contributed by atoms with Crippen LogP contribution in [-0.4, -0.2) is 30.1 Å². The topological polar surface area (TPSA) is 55.8 Å². The third-order valence-electron chi connectivity index (χ3n) is 7.15. The number of hydrogen-bond donors (Lipinski definition) is 0. The van der Waals surface area contributed by atoms with Gasteiger partial charge in [0.2, 0.25) is 11.8 Å². The van der Waals surface area contributed by atoms with Crippen molar-refractivity contribution in [2.24, 2.45) is 23.7 Å². The molecule has 1 aromatic rings. The highest BCUT2D eigenvalue weighted by molar-refractivity contribution is 6.62. The number of carbonyl (C=O) groups is 2. The highest BCUT2D eigenvalue weighted by Crippen LogP contribution is 2.53. The second-order valence-electron chi connectivity index (χ2n) is 9.19. The number of fused-ring (bicyclic) bond motifs is 5. The lowest BCUT2D eigenvalue weighted by Gasteiger charge is -2.32. The van der Waals surface area contributed by atoms with Crippen LogP contribution in [0.5, 0.6) is 0 Å². The van der Waals surface area contributed by atoms with Gasteiger partial charge >= 0.3 is 7.12 Å². The second-order valence-corrected chi connectivity index (χ2v) is 9.19. The van der Waals surface area contributed by atoms with Crippen molar-refractivity contribution in [1.29, 1.82) is 0 Å². The first-order valence-corrected chi connectivity index (χ1v) is 9.71. The molecule has 2 amide bonds. The molecule has 0 spiro atoms. The number of anilines is 1. The lowest BCUT2D eigenvalue weighted by Crippen LogP contribution is -2.41. The summed E-state index contributed by atoms with van der Waals surface area (Å²) in [6.45, 7) is 8.07. The van der Waals surface area contributed by atoms with Gasteiger partial charge in [0.1, 0.15) is 0 Å². The summed E-state index contributed by atoms with van der Waals surface area (Å²) in [7, 11) is -0.451. The predicted octanol–water partition coefficient (Wildman–Crippen LogP) is 2.30. The Morgan fingerprint density at radius 1 is 0.889 bits per heavy atom. The molecule has 0 N–H and O–H groups in total. The van der Waals surface area contributed by atoms with Gasteiger partial charge in [0.15, 0.2) is 0 Å². The van der Waals surface area contributed by atoms with E-state index in [0.717, 1.165) is 11.9 Å². The summed E-state index contributed by atoms with van der Waals surface area (Å²) < 4.78 is 12.2. The summed E-state index contributed by atoms with van der Waals surface area (Å²) in [5.74, 6) is 0.0111. The number of carbonyl (C=O) groups excluding carboxylic acids is 2. The minimum absolute atomic E-state index is 0.0507. The average Bonchev–Trinajstić information content (AvgIpc) is 3.32. The van der Waals surface area contributed by atoms with Gasteiger partial charge in [-0.25, -0.2) is 0 Å². The van der Waals surface area contributed by atoms with E-state index in [1.54, 1.807) is 0 Å². The summed E-state index contributed by atoms with van der Waals surface area (Å²) >= 11 is 0. The molecule has 2 aliphatic carbocycles. The number of benzene rings is 1. The molecule has 140 valence electrons. The van der Waals surface area contributed by atoms with Gasteiger partial charge in [-0.2, -0.15) is 0 Å². The standard InChI is InChI=1S/C21H24BNO4/c1-20(2)21(3,4)27-22(26-20)14-7-9-15(10-8-14)23-18(24)16-12-5-6-13(11-12)17(16)19(23)25/h5-10,12-13,16-17H,11H2,1-4H3/t12-,13-,16+,17+/m0/s1. The third-order valence-corrected chi connectivity index (χ3v) is 7.15. The van der Waals surface area contributed by atoms with E-state index in [-0.39, 0.29) is 35.5 Å². The van der Waals surface area contributed by atoms with Gasteiger partial charge in [0.05, 0.1) is 28.7 Å². The fourth-order valence-electron chi connectivity index (χ4n) is 4.92. The number of nitrogens with zero attached hydrogens (tertiary/aromatic N) is 1. The van der Waals surface area contributed by atoms with Crippen LogP contribution in [0.4, 0.5) is 5.69 Å². The van der Waals surface area contributed by atoms with Crippen LogP contribution in [0.2, 0.25) is 0 Å². The van der Waals surface area contributed by atoms with Crippen LogP contribution >= 0.6 is 0 Å². The van der Waals surface area contributed by atoms with Crippen molar-refractivity contribution in [2.75, 3.05) is 4.90 Å². The summed E-state index contributed by atoms with van der Waals surface area (Å²) in [4.78, 5) is 27.2. The molecule has 4 atom stereocenters. The van der Waals surface area contributed by atoms with Crippen LogP contribution in [-0.2, 0) is 18.9 Å². The zero-order valence-corrected chi connectivity index (χ0v) is 16.1. The number of rotatable bonds is 2. The molecule has 5 rings (SSSR count). The van der Waals surface area contributed by atoms with Gasteiger partial charge in [-0.1, -0.05) is 24.3 Å². The SMILES string of the molecule is CC1(C)OB(c2ccc(N3C(=O)[C@H]4[C@H](C3=O)[C@H]3C=C[C@H]4C3)cc2)OC1(C)C. The van der Waals surface area contributed by atoms with Crippen LogP contribution in [0.25, 0.3) is 0 Å². The van der Waals surface area contributed by atoms with E-state index in [4.69, 9.17) is 9.31 Å². The highest BCUT2D eigenvalue weighted by Gasteiger charge is 2.59. The molecule has 4 aliphatic rings. The normalized spacial score (nSPS) is 35.4. The van der Waals surface area contributed by atoms with Crippen molar-refractivity contribution in [3.8, 4) is 0 Å². The van der Waals surface area contributed by atoms with Crippen LogP contribution in [0.1, 0.15) is 34.1 Å². The van der Waals surface area contributed by atoms with E-state index >= 15 is 0 Å². The van der Waals surface area contributed by atoms with E-state index in [1.165, 1.54) is 4.90 Å². The molecule has 2 saturated heterocycles. The molecule has 1 aromatic carbocycles. The highest BCUT2D eigenvalue weighted by atomic mass is 16.7. The summed E-state index contributed by atoms with van der Waals surface area (Å²) in [6, 6.07) is 7.43. The van der Waals surface area contributed by atoms with Crippen LogP contribution in [0, 0.1) is 23.7 Å². The Kier molecular flexibility index (Phi) is 3.39. The first-order chi connectivity index (χ1) is 12.7. The largest absolute Gasteiger partial charge is 0.494 e. The van der Waals surface area contributed by atoms with Crippen molar-refractivity contribution in [2.45, 2.75) is 45.3 Å². The van der Waals surface area contributed by atoms with E-state index in [1.807, 2.05) is 52.0 Å². The Morgan fingerprint density at radius 2 is 1.37 bits per heavy atom. The third kappa shape index (κ3) is 2.26. The minimum atomic E-state index is -0.451. The number of imide groups is 1. The second kappa shape index (κ2) is 5.33. The number of amides is 2. The fraction of sp³-hybridized carbons (Fsp3) is 0.524. The van der Waals surface area contributed by atoms with Gasteiger partial charge < -0.3 is 9.31 Å². The van der Waals surface area contributed by atoms with Gasteiger partial charge in [-0.15, -0.1) is 0 Å². The van der Waals surface area contributed by atoms with Gasteiger partial charge in [0.25, 0.3) is 0 Å². The maximum atomic E-state index is 12.9. The van der Waals surface area contributed by atoms with Crippen molar-refractivity contribution in [3.05, 3.63) is 36.4 Å². The zero-order valence-electron chi connectivity index (χ0n) is 16.1. The van der Waals surface area contributed by atoms with Crippen LogP contribution in [0.15, 0.2) is 36.4 Å². The predicted molar refractivity (Wildman–Crippen MR) is 102 cm³/mol. The maximum absolute atomic E-state index is 12.9. The molecule has 6 heteroatoms. The van der Waals surface area contributed by atoms with Gasteiger partial charge in [-0.3, -0.25) is 14.5 Å². The average molecular weight is 365 g/mol. The quantitative estimate of drug-likeness (QED) is 0.459. The Hall–Kier alpha value is -1.92. The lowest BCUT2D eigenvalue weighted by atomic mass is 9.79. The molecule has 0 unspecified atom stereocenters. The lowest BCUT2D eigenvalue weighted by molar-refractivity contribution is -0.123. The molecule has 0 aromatic heterocycles. The molecule has 2 heterocycles. The number of allylic oxidation sites excluding steroid dienone is 2. The molecule has 27 heavy (non-hydrogen) atoms. The summed E-state index contributed by atoms with van der Waals surface area (Å²) in [5, 5.41) is 0. The van der Waals surface area contributed by atoms with E-state index in [2.05, 4.69) is 12.2 Å². The Morgan fingerprint density at radius 3 is 1.85 bits per heavy atom. The van der Waals surface area contributed by atoms with E-state index in [0.29, 0.717) is 5.69 Å². The van der Waals surface area contributed by atoms with E-state index in [9.17, 15) is 9.59 Å². The molecule has 1 saturated carbocycles. The molecule has 2 bridgehead atoms. The first kappa shape index (κ1) is 17.2. The molecular weight excluding hydrogens is 341 g/mol. The summed E-state index contributed by atoms with van der Waals surface area (Å²) in [6.07, 6.45) is 5.17. The first-order valence-electron chi connectivity index (χ1n) is 9.71. The number of hydrogen-bond acceptors (Lipinski definition) is 4.